The van der Waals surface area contributed by atoms with Crippen LogP contribution in [-0.2, 0) is 0 Å². The minimum absolute atomic E-state index is 0.251. The summed E-state index contributed by atoms with van der Waals surface area (Å²) in [6.45, 7) is 8.77. The van der Waals surface area contributed by atoms with Crippen molar-refractivity contribution in [3.05, 3.63) is 42.9 Å². The number of rotatable bonds is 5. The monoisotopic (exact) mass is 209 g/mol. The molecule has 4 heteroatoms. The van der Waals surface area contributed by atoms with Crippen LogP contribution in [0.3, 0.4) is 0 Å². The second kappa shape index (κ2) is 5.40. The van der Waals surface area contributed by atoms with Gasteiger partial charge in [-0.25, -0.2) is 9.97 Å². The van der Waals surface area contributed by atoms with Crippen LogP contribution in [-0.4, -0.2) is 23.1 Å². The van der Waals surface area contributed by atoms with E-state index in [4.69, 9.17) is 11.6 Å². The highest BCUT2D eigenvalue weighted by molar-refractivity contribution is 6.28. The molecule has 1 heterocycles. The third kappa shape index (κ3) is 2.85. The van der Waals surface area contributed by atoms with Crippen LogP contribution in [0.1, 0.15) is 0 Å². The molecule has 0 aliphatic rings. The topological polar surface area (TPSA) is 29.0 Å². The molecule has 0 aliphatic heterocycles. The maximum absolute atomic E-state index is 5.69. The molecule has 0 amide bonds. The molecular formula is C10H12ClN3. The van der Waals surface area contributed by atoms with E-state index in [-0.39, 0.29) is 5.28 Å². The van der Waals surface area contributed by atoms with E-state index in [9.17, 15) is 0 Å². The van der Waals surface area contributed by atoms with E-state index in [1.54, 1.807) is 24.4 Å². The summed E-state index contributed by atoms with van der Waals surface area (Å²) >= 11 is 5.69. The van der Waals surface area contributed by atoms with Crippen molar-refractivity contribution in [3.63, 3.8) is 0 Å². The summed E-state index contributed by atoms with van der Waals surface area (Å²) in [4.78, 5) is 9.91. The number of nitrogens with zero attached hydrogens (tertiary/aromatic N) is 3. The molecule has 0 saturated carbocycles. The quantitative estimate of drug-likeness (QED) is 0.551. The Balaban J connectivity index is 2.85. The average molecular weight is 210 g/mol. The number of anilines is 1. The summed E-state index contributed by atoms with van der Waals surface area (Å²) in [7, 11) is 0. The van der Waals surface area contributed by atoms with Gasteiger partial charge in [-0.3, -0.25) is 0 Å². The lowest BCUT2D eigenvalue weighted by Gasteiger charge is -2.19. The highest BCUT2D eigenvalue weighted by Gasteiger charge is 2.04. The van der Waals surface area contributed by atoms with Crippen LogP contribution in [0.4, 0.5) is 5.82 Å². The smallest absolute Gasteiger partial charge is 0.224 e. The summed E-state index contributed by atoms with van der Waals surface area (Å²) in [5, 5.41) is 0.251. The van der Waals surface area contributed by atoms with Crippen LogP contribution < -0.4 is 4.90 Å². The SMILES string of the molecule is C=CCN(CC=C)c1ccnc(Cl)n1. The average Bonchev–Trinajstić information content (AvgIpc) is 2.17. The first-order valence-corrected chi connectivity index (χ1v) is 4.61. The normalized spacial score (nSPS) is 9.50. The Morgan fingerprint density at radius 2 is 2.00 bits per heavy atom. The number of hydrogen-bond donors (Lipinski definition) is 0. The minimum atomic E-state index is 0.251. The van der Waals surface area contributed by atoms with E-state index in [2.05, 4.69) is 23.1 Å². The first-order chi connectivity index (χ1) is 6.77. The fourth-order valence-corrected chi connectivity index (χ4v) is 1.22. The zero-order chi connectivity index (χ0) is 10.4. The predicted molar refractivity (Wildman–Crippen MR) is 59.6 cm³/mol. The first-order valence-electron chi connectivity index (χ1n) is 4.23. The second-order valence-corrected chi connectivity index (χ2v) is 3.00. The standard InChI is InChI=1S/C10H12ClN3/c1-3-7-14(8-4-2)9-5-6-12-10(11)13-9/h3-6H,1-2,7-8H2. The van der Waals surface area contributed by atoms with E-state index < -0.39 is 0 Å². The molecule has 14 heavy (non-hydrogen) atoms. The maximum atomic E-state index is 5.69. The van der Waals surface area contributed by atoms with E-state index >= 15 is 0 Å². The van der Waals surface area contributed by atoms with Crippen molar-refractivity contribution in [2.45, 2.75) is 0 Å². The molecule has 1 aromatic heterocycles. The largest absolute Gasteiger partial charge is 0.349 e. The van der Waals surface area contributed by atoms with Gasteiger partial charge in [0.1, 0.15) is 5.82 Å². The molecule has 0 radical (unpaired) electrons. The van der Waals surface area contributed by atoms with Gasteiger partial charge >= 0.3 is 0 Å². The van der Waals surface area contributed by atoms with Crippen molar-refractivity contribution >= 4 is 17.4 Å². The van der Waals surface area contributed by atoms with Crippen molar-refractivity contribution < 1.29 is 0 Å². The Kier molecular flexibility index (Phi) is 4.13. The van der Waals surface area contributed by atoms with Gasteiger partial charge in [-0.05, 0) is 17.7 Å². The molecule has 0 bridgehead atoms. The number of hydrogen-bond acceptors (Lipinski definition) is 3. The molecule has 0 aliphatic carbocycles. The molecule has 74 valence electrons. The van der Waals surface area contributed by atoms with Gasteiger partial charge in [0.2, 0.25) is 5.28 Å². The zero-order valence-electron chi connectivity index (χ0n) is 7.86. The Hall–Kier alpha value is -1.35. The minimum Gasteiger partial charge on any atom is -0.349 e. The van der Waals surface area contributed by atoms with Crippen molar-refractivity contribution in [3.8, 4) is 0 Å². The van der Waals surface area contributed by atoms with E-state index in [0.717, 1.165) is 5.82 Å². The van der Waals surface area contributed by atoms with Crippen LogP contribution in [0.2, 0.25) is 5.28 Å². The third-order valence-corrected chi connectivity index (χ3v) is 1.82. The van der Waals surface area contributed by atoms with Gasteiger partial charge in [0.25, 0.3) is 0 Å². The lowest BCUT2D eigenvalue weighted by molar-refractivity contribution is 0.917. The van der Waals surface area contributed by atoms with E-state index in [1.165, 1.54) is 0 Å². The lowest BCUT2D eigenvalue weighted by Crippen LogP contribution is -2.24. The van der Waals surface area contributed by atoms with Gasteiger partial charge in [0.15, 0.2) is 0 Å². The van der Waals surface area contributed by atoms with Crippen LogP contribution in [0, 0.1) is 0 Å². The molecule has 0 unspecified atom stereocenters. The fourth-order valence-electron chi connectivity index (χ4n) is 1.08. The van der Waals surface area contributed by atoms with Gasteiger partial charge in [0, 0.05) is 19.3 Å². The summed E-state index contributed by atoms with van der Waals surface area (Å²) in [5.74, 6) is 0.782. The molecule has 3 nitrogen and oxygen atoms in total. The summed E-state index contributed by atoms with van der Waals surface area (Å²) in [5.41, 5.74) is 0. The molecule has 0 fully saturated rings. The molecule has 0 N–H and O–H groups in total. The van der Waals surface area contributed by atoms with Crippen molar-refractivity contribution in [1.29, 1.82) is 0 Å². The van der Waals surface area contributed by atoms with Crippen LogP contribution >= 0.6 is 11.6 Å². The van der Waals surface area contributed by atoms with Gasteiger partial charge in [-0.2, -0.15) is 0 Å². The molecular weight excluding hydrogens is 198 g/mol. The second-order valence-electron chi connectivity index (χ2n) is 2.67. The molecule has 0 aromatic carbocycles. The molecule has 1 aromatic rings. The Labute approximate surface area is 88.7 Å². The Morgan fingerprint density at radius 3 is 2.50 bits per heavy atom. The molecule has 0 saturated heterocycles. The van der Waals surface area contributed by atoms with Crippen LogP contribution in [0.25, 0.3) is 0 Å². The summed E-state index contributed by atoms with van der Waals surface area (Å²) < 4.78 is 0. The van der Waals surface area contributed by atoms with E-state index in [0.29, 0.717) is 13.1 Å². The zero-order valence-corrected chi connectivity index (χ0v) is 8.61. The van der Waals surface area contributed by atoms with Gasteiger partial charge < -0.3 is 4.90 Å². The fraction of sp³-hybridized carbons (Fsp3) is 0.200. The van der Waals surface area contributed by atoms with Crippen LogP contribution in [0.5, 0.6) is 0 Å². The van der Waals surface area contributed by atoms with Crippen LogP contribution in [0.15, 0.2) is 37.6 Å². The van der Waals surface area contributed by atoms with Gasteiger partial charge in [-0.1, -0.05) is 12.2 Å². The van der Waals surface area contributed by atoms with Gasteiger partial charge in [-0.15, -0.1) is 13.2 Å². The number of halogens is 1. The number of aromatic nitrogens is 2. The molecule has 1 rings (SSSR count). The highest BCUT2D eigenvalue weighted by atomic mass is 35.5. The lowest BCUT2D eigenvalue weighted by atomic mass is 10.4. The van der Waals surface area contributed by atoms with Crippen molar-refractivity contribution in [2.75, 3.05) is 18.0 Å². The highest BCUT2D eigenvalue weighted by Crippen LogP contribution is 2.11. The van der Waals surface area contributed by atoms with Gasteiger partial charge in [0.05, 0.1) is 0 Å². The molecule has 0 spiro atoms. The van der Waals surface area contributed by atoms with Crippen molar-refractivity contribution in [2.24, 2.45) is 0 Å². The van der Waals surface area contributed by atoms with Crippen molar-refractivity contribution in [1.82, 2.24) is 9.97 Å². The maximum Gasteiger partial charge on any atom is 0.224 e. The Morgan fingerprint density at radius 1 is 1.36 bits per heavy atom. The third-order valence-electron chi connectivity index (χ3n) is 1.63. The molecule has 0 atom stereocenters. The summed E-state index contributed by atoms with van der Waals surface area (Å²) in [6.07, 6.45) is 5.24. The summed E-state index contributed by atoms with van der Waals surface area (Å²) in [6, 6.07) is 1.80. The predicted octanol–water partition coefficient (Wildman–Crippen LogP) is 2.31. The Bertz CT molecular complexity index is 315. The van der Waals surface area contributed by atoms with E-state index in [1.807, 2.05) is 4.90 Å². The first kappa shape index (κ1) is 10.7.